The summed E-state index contributed by atoms with van der Waals surface area (Å²) in [4.78, 5) is 1.27. The van der Waals surface area contributed by atoms with Crippen LogP contribution in [0.25, 0.3) is 0 Å². The molecular formula is C16H16BrNOS. The van der Waals surface area contributed by atoms with Gasteiger partial charge in [-0.2, -0.15) is 0 Å². The monoisotopic (exact) mass is 349 g/mol. The Morgan fingerprint density at radius 2 is 2.20 bits per heavy atom. The van der Waals surface area contributed by atoms with E-state index < -0.39 is 0 Å². The van der Waals surface area contributed by atoms with E-state index in [1.54, 1.807) is 11.8 Å². The molecule has 0 aromatic heterocycles. The van der Waals surface area contributed by atoms with E-state index in [2.05, 4.69) is 63.9 Å². The minimum atomic E-state index is 0.777. The zero-order valence-electron chi connectivity index (χ0n) is 11.3. The number of nitrogens with one attached hydrogen (secondary N) is 1. The maximum atomic E-state index is 5.75. The minimum absolute atomic E-state index is 0.777. The van der Waals surface area contributed by atoms with E-state index in [1.165, 1.54) is 16.0 Å². The molecule has 0 unspecified atom stereocenters. The van der Waals surface area contributed by atoms with Gasteiger partial charge < -0.3 is 10.1 Å². The molecular weight excluding hydrogens is 334 g/mol. The van der Waals surface area contributed by atoms with Crippen LogP contribution in [0.1, 0.15) is 11.1 Å². The molecule has 104 valence electrons. The highest BCUT2D eigenvalue weighted by atomic mass is 79.9. The molecule has 2 nitrogen and oxygen atoms in total. The number of anilines is 1. The second-order valence-corrected chi connectivity index (χ2v) is 6.53. The maximum absolute atomic E-state index is 5.75. The number of ether oxygens (including phenoxy) is 1. The summed E-state index contributed by atoms with van der Waals surface area (Å²) in [7, 11) is 0. The second kappa shape index (κ2) is 6.10. The first kappa shape index (κ1) is 13.8. The summed E-state index contributed by atoms with van der Waals surface area (Å²) in [5.41, 5.74) is 3.65. The quantitative estimate of drug-likeness (QED) is 0.807. The van der Waals surface area contributed by atoms with E-state index in [9.17, 15) is 0 Å². The Kier molecular flexibility index (Phi) is 4.22. The van der Waals surface area contributed by atoms with Crippen molar-refractivity contribution in [3.63, 3.8) is 0 Å². The fourth-order valence-electron chi connectivity index (χ4n) is 2.41. The normalized spacial score (nSPS) is 12.9. The first-order chi connectivity index (χ1) is 9.76. The van der Waals surface area contributed by atoms with Gasteiger partial charge in [0.25, 0.3) is 0 Å². The van der Waals surface area contributed by atoms with Gasteiger partial charge in [0, 0.05) is 33.6 Å². The number of thioether (sulfide) groups is 1. The van der Waals surface area contributed by atoms with E-state index in [-0.39, 0.29) is 0 Å². The summed E-state index contributed by atoms with van der Waals surface area (Å²) in [5.74, 6) is 1.06. The van der Waals surface area contributed by atoms with Crippen molar-refractivity contribution in [3.8, 4) is 5.75 Å². The van der Waals surface area contributed by atoms with Gasteiger partial charge in [0.15, 0.2) is 0 Å². The summed E-state index contributed by atoms with van der Waals surface area (Å²) in [6.07, 6.45) is 3.10. The molecule has 0 aliphatic carbocycles. The van der Waals surface area contributed by atoms with Crippen LogP contribution in [0.15, 0.2) is 45.8 Å². The lowest BCUT2D eigenvalue weighted by Gasteiger charge is -2.12. The largest absolute Gasteiger partial charge is 0.493 e. The van der Waals surface area contributed by atoms with Gasteiger partial charge in [0.1, 0.15) is 5.75 Å². The molecule has 0 amide bonds. The van der Waals surface area contributed by atoms with Gasteiger partial charge in [0.05, 0.1) is 6.61 Å². The van der Waals surface area contributed by atoms with Crippen LogP contribution in [0.4, 0.5) is 5.69 Å². The standard InChI is InChI=1S/C16H16BrNOS/c1-20-15-4-2-3-14(9-15)18-10-12-8-13(17)7-11-5-6-19-16(11)12/h2-4,7-9,18H,5-6,10H2,1H3. The first-order valence-corrected chi connectivity index (χ1v) is 8.60. The van der Waals surface area contributed by atoms with Crippen molar-refractivity contribution in [1.29, 1.82) is 0 Å². The minimum Gasteiger partial charge on any atom is -0.493 e. The van der Waals surface area contributed by atoms with Crippen LogP contribution in [0, 0.1) is 0 Å². The van der Waals surface area contributed by atoms with Gasteiger partial charge in [-0.1, -0.05) is 22.0 Å². The lowest BCUT2D eigenvalue weighted by Crippen LogP contribution is -2.01. The molecule has 0 radical (unpaired) electrons. The first-order valence-electron chi connectivity index (χ1n) is 6.58. The van der Waals surface area contributed by atoms with Crippen LogP contribution in [0.2, 0.25) is 0 Å². The summed E-state index contributed by atoms with van der Waals surface area (Å²) >= 11 is 5.33. The average Bonchev–Trinajstić information content (AvgIpc) is 2.93. The topological polar surface area (TPSA) is 21.3 Å². The lowest BCUT2D eigenvalue weighted by molar-refractivity contribution is 0.354. The molecule has 0 saturated carbocycles. The third-order valence-electron chi connectivity index (χ3n) is 3.38. The van der Waals surface area contributed by atoms with Crippen LogP contribution in [-0.2, 0) is 13.0 Å². The van der Waals surface area contributed by atoms with Crippen LogP contribution in [-0.4, -0.2) is 12.9 Å². The number of fused-ring (bicyclic) bond motifs is 1. The number of rotatable bonds is 4. The molecule has 1 aliphatic heterocycles. The van der Waals surface area contributed by atoms with E-state index in [4.69, 9.17) is 4.74 Å². The van der Waals surface area contributed by atoms with Crippen molar-refractivity contribution in [2.75, 3.05) is 18.2 Å². The van der Waals surface area contributed by atoms with Gasteiger partial charge in [-0.15, -0.1) is 11.8 Å². The zero-order valence-corrected chi connectivity index (χ0v) is 13.7. The predicted molar refractivity (Wildman–Crippen MR) is 88.9 cm³/mol. The second-order valence-electron chi connectivity index (χ2n) is 4.74. The molecule has 3 rings (SSSR count). The van der Waals surface area contributed by atoms with Gasteiger partial charge >= 0.3 is 0 Å². The van der Waals surface area contributed by atoms with Crippen molar-refractivity contribution < 1.29 is 4.74 Å². The third-order valence-corrected chi connectivity index (χ3v) is 4.56. The van der Waals surface area contributed by atoms with E-state index in [0.29, 0.717) is 0 Å². The predicted octanol–water partition coefficient (Wildman–Crippen LogP) is 4.72. The molecule has 1 aliphatic rings. The molecule has 20 heavy (non-hydrogen) atoms. The molecule has 0 saturated heterocycles. The van der Waals surface area contributed by atoms with Crippen molar-refractivity contribution in [2.24, 2.45) is 0 Å². The number of hydrogen-bond donors (Lipinski definition) is 1. The molecule has 4 heteroatoms. The van der Waals surface area contributed by atoms with Crippen molar-refractivity contribution in [1.82, 2.24) is 0 Å². The SMILES string of the molecule is CSc1cccc(NCc2cc(Br)cc3c2OCC3)c1. The fraction of sp³-hybridized carbons (Fsp3) is 0.250. The van der Waals surface area contributed by atoms with Gasteiger partial charge in [0.2, 0.25) is 0 Å². The average molecular weight is 350 g/mol. The Morgan fingerprint density at radius 3 is 3.05 bits per heavy atom. The molecule has 1 heterocycles. The van der Waals surface area contributed by atoms with Crippen LogP contribution in [0.3, 0.4) is 0 Å². The van der Waals surface area contributed by atoms with Crippen molar-refractivity contribution in [3.05, 3.63) is 52.0 Å². The molecule has 0 bridgehead atoms. The van der Waals surface area contributed by atoms with Crippen LogP contribution >= 0.6 is 27.7 Å². The Labute approximate surface area is 132 Å². The van der Waals surface area contributed by atoms with Crippen LogP contribution < -0.4 is 10.1 Å². The van der Waals surface area contributed by atoms with Gasteiger partial charge in [-0.3, -0.25) is 0 Å². The number of halogens is 1. The summed E-state index contributed by atoms with van der Waals surface area (Å²) in [6, 6.07) is 12.8. The Morgan fingerprint density at radius 1 is 1.30 bits per heavy atom. The fourth-order valence-corrected chi connectivity index (χ4v) is 3.42. The molecule has 2 aromatic carbocycles. The third kappa shape index (κ3) is 2.96. The Bertz CT molecular complexity index is 630. The van der Waals surface area contributed by atoms with E-state index >= 15 is 0 Å². The summed E-state index contributed by atoms with van der Waals surface area (Å²) < 4.78 is 6.87. The van der Waals surface area contributed by atoms with Crippen molar-refractivity contribution >= 4 is 33.4 Å². The number of benzene rings is 2. The molecule has 0 fully saturated rings. The van der Waals surface area contributed by atoms with Gasteiger partial charge in [-0.25, -0.2) is 0 Å². The van der Waals surface area contributed by atoms with Crippen LogP contribution in [0.5, 0.6) is 5.75 Å². The molecule has 2 aromatic rings. The molecule has 0 spiro atoms. The van der Waals surface area contributed by atoms with Gasteiger partial charge in [-0.05, 0) is 42.2 Å². The number of hydrogen-bond acceptors (Lipinski definition) is 3. The maximum Gasteiger partial charge on any atom is 0.127 e. The molecule has 0 atom stereocenters. The van der Waals surface area contributed by atoms with Crippen molar-refractivity contribution in [2.45, 2.75) is 17.9 Å². The molecule has 1 N–H and O–H groups in total. The van der Waals surface area contributed by atoms with E-state index in [1.807, 2.05) is 0 Å². The smallest absolute Gasteiger partial charge is 0.127 e. The highest BCUT2D eigenvalue weighted by Crippen LogP contribution is 2.33. The van der Waals surface area contributed by atoms with E-state index in [0.717, 1.165) is 35.5 Å². The highest BCUT2D eigenvalue weighted by molar-refractivity contribution is 9.10. The highest BCUT2D eigenvalue weighted by Gasteiger charge is 2.17. The Balaban J connectivity index is 1.78. The zero-order chi connectivity index (χ0) is 13.9. The summed E-state index contributed by atoms with van der Waals surface area (Å²) in [6.45, 7) is 1.57. The lowest BCUT2D eigenvalue weighted by atomic mass is 10.1. The summed E-state index contributed by atoms with van der Waals surface area (Å²) in [5, 5.41) is 3.48. The Hall–Kier alpha value is -1.13.